The van der Waals surface area contributed by atoms with Crippen molar-refractivity contribution in [2.24, 2.45) is 0 Å². The van der Waals surface area contributed by atoms with Crippen molar-refractivity contribution in [1.29, 1.82) is 0 Å². The average molecular weight is 245 g/mol. The highest BCUT2D eigenvalue weighted by atomic mass is 16.5. The molecule has 18 heavy (non-hydrogen) atoms. The van der Waals surface area contributed by atoms with Crippen LogP contribution in [0, 0.1) is 6.92 Å². The molecule has 3 nitrogen and oxygen atoms in total. The molecule has 1 N–H and O–H groups in total. The van der Waals surface area contributed by atoms with Crippen LogP contribution >= 0.6 is 0 Å². The van der Waals surface area contributed by atoms with E-state index in [1.54, 1.807) is 6.26 Å². The summed E-state index contributed by atoms with van der Waals surface area (Å²) in [6.07, 6.45) is 1.72. The molecular formula is C15H19NO2. The van der Waals surface area contributed by atoms with Crippen molar-refractivity contribution in [3.63, 3.8) is 0 Å². The topological polar surface area (TPSA) is 34.4 Å². The van der Waals surface area contributed by atoms with Crippen LogP contribution < -0.4 is 10.1 Å². The van der Waals surface area contributed by atoms with Crippen LogP contribution in [0.4, 0.5) is 0 Å². The maximum Gasteiger partial charge on any atom is 0.128 e. The van der Waals surface area contributed by atoms with Gasteiger partial charge in [-0.25, -0.2) is 0 Å². The molecule has 0 aliphatic rings. The number of nitrogens with one attached hydrogen (secondary N) is 1. The first-order chi connectivity index (χ1) is 8.76. The summed E-state index contributed by atoms with van der Waals surface area (Å²) in [5.41, 5.74) is 2.29. The van der Waals surface area contributed by atoms with E-state index in [9.17, 15) is 0 Å². The maximum atomic E-state index is 5.57. The molecule has 2 aromatic rings. The molecule has 0 radical (unpaired) electrons. The number of ether oxygens (including phenoxy) is 1. The molecule has 1 aromatic heterocycles. The summed E-state index contributed by atoms with van der Waals surface area (Å²) in [5, 5.41) is 3.28. The first-order valence-electron chi connectivity index (χ1n) is 6.20. The van der Waals surface area contributed by atoms with Gasteiger partial charge >= 0.3 is 0 Å². The standard InChI is InChI=1S/C15H19NO2/c1-4-17-13-7-5-6-12(10-13)14(16-3)15-11(2)8-9-18-15/h5-10,14,16H,4H2,1-3H3. The molecule has 0 saturated heterocycles. The molecule has 1 unspecified atom stereocenters. The Labute approximate surface area is 108 Å². The Morgan fingerprint density at radius 3 is 2.78 bits per heavy atom. The summed E-state index contributed by atoms with van der Waals surface area (Å²) in [6.45, 7) is 4.71. The van der Waals surface area contributed by atoms with Gasteiger partial charge in [0.15, 0.2) is 0 Å². The second-order valence-electron chi connectivity index (χ2n) is 4.20. The van der Waals surface area contributed by atoms with Crippen molar-refractivity contribution in [2.75, 3.05) is 13.7 Å². The summed E-state index contributed by atoms with van der Waals surface area (Å²) < 4.78 is 11.1. The van der Waals surface area contributed by atoms with E-state index in [-0.39, 0.29) is 6.04 Å². The summed E-state index contributed by atoms with van der Waals surface area (Å²) in [5.74, 6) is 1.84. The molecular weight excluding hydrogens is 226 g/mol. The van der Waals surface area contributed by atoms with Crippen LogP contribution in [-0.4, -0.2) is 13.7 Å². The normalized spacial score (nSPS) is 12.4. The van der Waals surface area contributed by atoms with Gasteiger partial charge < -0.3 is 14.5 Å². The van der Waals surface area contributed by atoms with E-state index < -0.39 is 0 Å². The highest BCUT2D eigenvalue weighted by Crippen LogP contribution is 2.27. The predicted molar refractivity (Wildman–Crippen MR) is 72.0 cm³/mol. The number of hydrogen-bond acceptors (Lipinski definition) is 3. The zero-order valence-electron chi connectivity index (χ0n) is 11.1. The molecule has 0 bridgehead atoms. The van der Waals surface area contributed by atoms with Crippen LogP contribution in [0.5, 0.6) is 5.75 Å². The van der Waals surface area contributed by atoms with E-state index in [1.165, 1.54) is 0 Å². The lowest BCUT2D eigenvalue weighted by molar-refractivity contribution is 0.339. The molecule has 0 aliphatic carbocycles. The molecule has 0 spiro atoms. The minimum absolute atomic E-state index is 0.0559. The second-order valence-corrected chi connectivity index (χ2v) is 4.20. The van der Waals surface area contributed by atoms with E-state index in [0.717, 1.165) is 22.6 Å². The fourth-order valence-electron chi connectivity index (χ4n) is 2.08. The molecule has 2 rings (SSSR count). The van der Waals surface area contributed by atoms with Crippen LogP contribution in [-0.2, 0) is 0 Å². The van der Waals surface area contributed by atoms with E-state index in [2.05, 4.69) is 18.3 Å². The lowest BCUT2D eigenvalue weighted by atomic mass is 10.0. The van der Waals surface area contributed by atoms with Crippen LogP contribution in [0.1, 0.15) is 29.9 Å². The molecule has 0 aliphatic heterocycles. The molecule has 0 fully saturated rings. The first kappa shape index (κ1) is 12.7. The van der Waals surface area contributed by atoms with E-state index >= 15 is 0 Å². The number of benzene rings is 1. The van der Waals surface area contributed by atoms with Crippen molar-refractivity contribution in [2.45, 2.75) is 19.9 Å². The Morgan fingerprint density at radius 2 is 2.17 bits per heavy atom. The van der Waals surface area contributed by atoms with E-state index in [4.69, 9.17) is 9.15 Å². The molecule has 0 amide bonds. The Kier molecular flexibility index (Phi) is 4.05. The fraction of sp³-hybridized carbons (Fsp3) is 0.333. The monoisotopic (exact) mass is 245 g/mol. The SMILES string of the molecule is CCOc1cccc(C(NC)c2occc2C)c1. The van der Waals surface area contributed by atoms with Gasteiger partial charge in [-0.2, -0.15) is 0 Å². The zero-order chi connectivity index (χ0) is 13.0. The zero-order valence-corrected chi connectivity index (χ0v) is 11.1. The van der Waals surface area contributed by atoms with Gasteiger partial charge in [-0.15, -0.1) is 0 Å². The quantitative estimate of drug-likeness (QED) is 0.877. The Balaban J connectivity index is 2.33. The number of hydrogen-bond donors (Lipinski definition) is 1. The summed E-state index contributed by atoms with van der Waals surface area (Å²) >= 11 is 0. The smallest absolute Gasteiger partial charge is 0.128 e. The third-order valence-corrected chi connectivity index (χ3v) is 2.96. The number of furan rings is 1. The fourth-order valence-corrected chi connectivity index (χ4v) is 2.08. The largest absolute Gasteiger partial charge is 0.494 e. The summed E-state index contributed by atoms with van der Waals surface area (Å²) in [4.78, 5) is 0. The van der Waals surface area contributed by atoms with Crippen LogP contribution in [0.3, 0.4) is 0 Å². The van der Waals surface area contributed by atoms with Gasteiger partial charge in [-0.1, -0.05) is 12.1 Å². The van der Waals surface area contributed by atoms with Crippen molar-refractivity contribution in [3.05, 3.63) is 53.5 Å². The third-order valence-electron chi connectivity index (χ3n) is 2.96. The van der Waals surface area contributed by atoms with Crippen LogP contribution in [0.2, 0.25) is 0 Å². The van der Waals surface area contributed by atoms with Crippen LogP contribution in [0.15, 0.2) is 41.0 Å². The molecule has 1 atom stereocenters. The minimum atomic E-state index is 0.0559. The van der Waals surface area contributed by atoms with Gasteiger partial charge in [-0.3, -0.25) is 0 Å². The summed E-state index contributed by atoms with van der Waals surface area (Å²) in [6, 6.07) is 10.1. The molecule has 1 heterocycles. The predicted octanol–water partition coefficient (Wildman–Crippen LogP) is 3.30. The molecule has 0 saturated carbocycles. The van der Waals surface area contributed by atoms with Crippen molar-refractivity contribution in [3.8, 4) is 5.75 Å². The lowest BCUT2D eigenvalue weighted by Crippen LogP contribution is -2.17. The van der Waals surface area contributed by atoms with Crippen molar-refractivity contribution >= 4 is 0 Å². The van der Waals surface area contributed by atoms with Gasteiger partial charge in [0.05, 0.1) is 18.9 Å². The maximum absolute atomic E-state index is 5.57. The number of aryl methyl sites for hydroxylation is 1. The number of rotatable bonds is 5. The van der Waals surface area contributed by atoms with E-state index in [1.807, 2.05) is 38.2 Å². The van der Waals surface area contributed by atoms with E-state index in [0.29, 0.717) is 6.61 Å². The van der Waals surface area contributed by atoms with Crippen molar-refractivity contribution in [1.82, 2.24) is 5.32 Å². The van der Waals surface area contributed by atoms with Gasteiger partial charge in [0, 0.05) is 0 Å². The summed E-state index contributed by atoms with van der Waals surface area (Å²) in [7, 11) is 1.93. The first-order valence-corrected chi connectivity index (χ1v) is 6.20. The van der Waals surface area contributed by atoms with Gasteiger partial charge in [-0.05, 0) is 50.2 Å². The third kappa shape index (κ3) is 2.57. The molecule has 3 heteroatoms. The second kappa shape index (κ2) is 5.74. The van der Waals surface area contributed by atoms with Gasteiger partial charge in [0.25, 0.3) is 0 Å². The average Bonchev–Trinajstić information content (AvgIpc) is 2.78. The Bertz CT molecular complexity index is 505. The molecule has 1 aromatic carbocycles. The minimum Gasteiger partial charge on any atom is -0.494 e. The van der Waals surface area contributed by atoms with Crippen molar-refractivity contribution < 1.29 is 9.15 Å². The Morgan fingerprint density at radius 1 is 1.33 bits per heavy atom. The highest BCUT2D eigenvalue weighted by Gasteiger charge is 2.17. The van der Waals surface area contributed by atoms with Crippen LogP contribution in [0.25, 0.3) is 0 Å². The Hall–Kier alpha value is -1.74. The highest BCUT2D eigenvalue weighted by molar-refractivity contribution is 5.36. The van der Waals surface area contributed by atoms with Gasteiger partial charge in [0.2, 0.25) is 0 Å². The van der Waals surface area contributed by atoms with Gasteiger partial charge in [0.1, 0.15) is 11.5 Å². The lowest BCUT2D eigenvalue weighted by Gasteiger charge is -2.16. The molecule has 96 valence electrons.